The monoisotopic (exact) mass is 311 g/mol. The molecule has 3 atom stereocenters. The largest absolute Gasteiger partial charge is 0.353 e. The van der Waals surface area contributed by atoms with Crippen molar-refractivity contribution in [3.8, 4) is 0 Å². The Bertz CT molecular complexity index is 600. The van der Waals surface area contributed by atoms with E-state index in [4.69, 9.17) is 4.74 Å². The minimum atomic E-state index is -0.0455. The van der Waals surface area contributed by atoms with E-state index in [9.17, 15) is 0 Å². The molecule has 0 N–H and O–H groups in total. The molecule has 2 aliphatic heterocycles. The maximum Gasteiger partial charge on any atom is 0.144 e. The van der Waals surface area contributed by atoms with Crippen LogP contribution in [0.2, 0.25) is 0 Å². The minimum absolute atomic E-state index is 0.0455. The highest BCUT2D eigenvalue weighted by Crippen LogP contribution is 2.55. The Morgan fingerprint density at radius 2 is 1.91 bits per heavy atom. The summed E-state index contributed by atoms with van der Waals surface area (Å²) < 4.78 is 6.51. The Balaban J connectivity index is 1.86. The summed E-state index contributed by atoms with van der Waals surface area (Å²) in [4.78, 5) is 2.64. The lowest BCUT2D eigenvalue weighted by atomic mass is 9.66. The van der Waals surface area contributed by atoms with E-state index in [-0.39, 0.29) is 11.1 Å². The van der Waals surface area contributed by atoms with Crippen LogP contribution < -0.4 is 0 Å². The molecular weight excluding hydrogens is 282 g/mol. The molecule has 0 amide bonds. The molecule has 3 aliphatic rings. The molecule has 1 spiro atoms. The summed E-state index contributed by atoms with van der Waals surface area (Å²) in [6, 6.07) is 11.1. The molecule has 124 valence electrons. The lowest BCUT2D eigenvalue weighted by Crippen LogP contribution is -2.57. The highest BCUT2D eigenvalue weighted by molar-refractivity contribution is 5.33. The van der Waals surface area contributed by atoms with Crippen LogP contribution in [0.15, 0.2) is 42.1 Å². The van der Waals surface area contributed by atoms with Gasteiger partial charge < -0.3 is 9.64 Å². The third-order valence-corrected chi connectivity index (χ3v) is 6.02. The van der Waals surface area contributed by atoms with Gasteiger partial charge in [0.25, 0.3) is 0 Å². The number of ether oxygens (including phenoxy) is 1. The summed E-state index contributed by atoms with van der Waals surface area (Å²) in [6.07, 6.45) is 7.67. The van der Waals surface area contributed by atoms with Gasteiger partial charge in [-0.15, -0.1) is 0 Å². The first kappa shape index (κ1) is 15.3. The molecule has 1 aromatic rings. The first-order valence-corrected chi connectivity index (χ1v) is 9.21. The minimum Gasteiger partial charge on any atom is -0.353 e. The second-order valence-electron chi connectivity index (χ2n) is 8.44. The molecule has 1 saturated carbocycles. The average molecular weight is 311 g/mol. The first-order valence-electron chi connectivity index (χ1n) is 9.21. The van der Waals surface area contributed by atoms with Crippen LogP contribution >= 0.6 is 0 Å². The number of benzene rings is 1. The molecule has 2 heterocycles. The third-order valence-electron chi connectivity index (χ3n) is 6.02. The molecule has 0 aromatic heterocycles. The van der Waals surface area contributed by atoms with Gasteiger partial charge in [-0.2, -0.15) is 0 Å². The summed E-state index contributed by atoms with van der Waals surface area (Å²) in [5.74, 6) is 1.08. The SMILES string of the molecule is CC(C)(C)C1=C[C@H](c2ccccc2)[C@@H]2CCCC[C@@]23OCCN13. The van der Waals surface area contributed by atoms with Crippen molar-refractivity contribution in [2.75, 3.05) is 13.2 Å². The number of hydrogen-bond donors (Lipinski definition) is 0. The van der Waals surface area contributed by atoms with Crippen LogP contribution in [0.1, 0.15) is 57.9 Å². The van der Waals surface area contributed by atoms with Gasteiger partial charge in [-0.25, -0.2) is 0 Å². The Morgan fingerprint density at radius 3 is 2.65 bits per heavy atom. The topological polar surface area (TPSA) is 12.5 Å². The smallest absolute Gasteiger partial charge is 0.144 e. The van der Waals surface area contributed by atoms with Crippen LogP contribution in [0, 0.1) is 11.3 Å². The van der Waals surface area contributed by atoms with Crippen LogP contribution in [0.4, 0.5) is 0 Å². The zero-order valence-electron chi connectivity index (χ0n) is 14.7. The summed E-state index contributed by atoms with van der Waals surface area (Å²) in [5, 5.41) is 0. The standard InChI is InChI=1S/C21H29NO/c1-20(2,3)19-15-17(16-9-5-4-6-10-16)18-11-7-8-12-21(18)22(19)13-14-23-21/h4-6,9-10,15,17-18H,7-8,11-14H2,1-3H3/t17-,18+,21-/m1/s1. The van der Waals surface area contributed by atoms with Crippen LogP contribution in [0.25, 0.3) is 0 Å². The van der Waals surface area contributed by atoms with Gasteiger partial charge in [-0.3, -0.25) is 0 Å². The number of hydrogen-bond acceptors (Lipinski definition) is 2. The molecule has 0 bridgehead atoms. The molecule has 1 aliphatic carbocycles. The normalized spacial score (nSPS) is 33.9. The van der Waals surface area contributed by atoms with Crippen molar-refractivity contribution in [3.63, 3.8) is 0 Å². The van der Waals surface area contributed by atoms with Gasteiger partial charge in [-0.1, -0.05) is 63.6 Å². The number of rotatable bonds is 1. The van der Waals surface area contributed by atoms with E-state index in [1.165, 1.54) is 36.9 Å². The molecule has 23 heavy (non-hydrogen) atoms. The molecule has 0 radical (unpaired) electrons. The molecule has 4 rings (SSSR count). The van der Waals surface area contributed by atoms with E-state index < -0.39 is 0 Å². The van der Waals surface area contributed by atoms with Crippen molar-refractivity contribution in [3.05, 3.63) is 47.7 Å². The lowest BCUT2D eigenvalue weighted by molar-refractivity contribution is -0.151. The van der Waals surface area contributed by atoms with Crippen molar-refractivity contribution < 1.29 is 4.74 Å². The number of allylic oxidation sites excluding steroid dienone is 2. The fraction of sp³-hybridized carbons (Fsp3) is 0.619. The average Bonchev–Trinajstić information content (AvgIpc) is 2.96. The van der Waals surface area contributed by atoms with Gasteiger partial charge in [0, 0.05) is 29.5 Å². The zero-order valence-corrected chi connectivity index (χ0v) is 14.7. The molecule has 1 aromatic carbocycles. The highest BCUT2D eigenvalue weighted by Gasteiger charge is 2.56. The van der Waals surface area contributed by atoms with Crippen molar-refractivity contribution in [2.45, 2.75) is 58.1 Å². The fourth-order valence-electron chi connectivity index (χ4n) is 5.07. The van der Waals surface area contributed by atoms with E-state index in [1.807, 2.05) is 0 Å². The van der Waals surface area contributed by atoms with E-state index in [0.29, 0.717) is 11.8 Å². The van der Waals surface area contributed by atoms with Gasteiger partial charge in [0.2, 0.25) is 0 Å². The molecule has 2 nitrogen and oxygen atoms in total. The van der Waals surface area contributed by atoms with Crippen LogP contribution in [0.3, 0.4) is 0 Å². The van der Waals surface area contributed by atoms with E-state index >= 15 is 0 Å². The lowest BCUT2D eigenvalue weighted by Gasteiger charge is -2.55. The summed E-state index contributed by atoms with van der Waals surface area (Å²) in [7, 11) is 0. The second-order valence-corrected chi connectivity index (χ2v) is 8.44. The van der Waals surface area contributed by atoms with Gasteiger partial charge in [0.15, 0.2) is 0 Å². The van der Waals surface area contributed by atoms with Crippen molar-refractivity contribution in [1.29, 1.82) is 0 Å². The highest BCUT2D eigenvalue weighted by atomic mass is 16.5. The van der Waals surface area contributed by atoms with Crippen LogP contribution in [0.5, 0.6) is 0 Å². The Labute approximate surface area is 140 Å². The summed E-state index contributed by atoms with van der Waals surface area (Å²) in [5.41, 5.74) is 3.06. The molecule has 0 unspecified atom stereocenters. The zero-order chi connectivity index (χ0) is 16.1. The maximum absolute atomic E-state index is 6.51. The number of nitrogens with zero attached hydrogens (tertiary/aromatic N) is 1. The van der Waals surface area contributed by atoms with E-state index in [1.54, 1.807) is 0 Å². The van der Waals surface area contributed by atoms with Crippen molar-refractivity contribution in [1.82, 2.24) is 4.90 Å². The van der Waals surface area contributed by atoms with Crippen molar-refractivity contribution in [2.24, 2.45) is 11.3 Å². The summed E-state index contributed by atoms with van der Waals surface area (Å²) in [6.45, 7) is 8.97. The Hall–Kier alpha value is -1.28. The Morgan fingerprint density at radius 1 is 1.13 bits per heavy atom. The van der Waals surface area contributed by atoms with Gasteiger partial charge in [0.05, 0.1) is 6.61 Å². The fourth-order valence-corrected chi connectivity index (χ4v) is 5.07. The predicted molar refractivity (Wildman–Crippen MR) is 94.1 cm³/mol. The van der Waals surface area contributed by atoms with E-state index in [2.05, 4.69) is 62.1 Å². The third kappa shape index (κ3) is 2.34. The molecule has 2 heteroatoms. The van der Waals surface area contributed by atoms with Crippen molar-refractivity contribution >= 4 is 0 Å². The first-order chi connectivity index (χ1) is 11.0. The second kappa shape index (κ2) is 5.37. The van der Waals surface area contributed by atoms with Gasteiger partial charge in [0.1, 0.15) is 5.72 Å². The van der Waals surface area contributed by atoms with Gasteiger partial charge in [-0.05, 0) is 24.8 Å². The molecule has 2 fully saturated rings. The quantitative estimate of drug-likeness (QED) is 0.729. The molecule has 1 saturated heterocycles. The molecular formula is C21H29NO. The van der Waals surface area contributed by atoms with Gasteiger partial charge >= 0.3 is 0 Å². The predicted octanol–water partition coefficient (Wildman–Crippen LogP) is 4.93. The van der Waals surface area contributed by atoms with Crippen LogP contribution in [-0.4, -0.2) is 23.8 Å². The Kier molecular flexibility index (Phi) is 3.57. The van der Waals surface area contributed by atoms with E-state index in [0.717, 1.165) is 13.2 Å². The summed E-state index contributed by atoms with van der Waals surface area (Å²) >= 11 is 0. The van der Waals surface area contributed by atoms with Crippen LogP contribution in [-0.2, 0) is 4.74 Å². The maximum atomic E-state index is 6.51.